The molecule has 1 N–H and O–H groups in total. The molecule has 1 aromatic carbocycles. The predicted molar refractivity (Wildman–Crippen MR) is 96.8 cm³/mol. The van der Waals surface area contributed by atoms with Crippen LogP contribution in [0, 0.1) is 17.0 Å². The molecule has 0 amide bonds. The van der Waals surface area contributed by atoms with E-state index in [-0.39, 0.29) is 29.8 Å². The van der Waals surface area contributed by atoms with Crippen molar-refractivity contribution in [2.45, 2.75) is 26.7 Å². The van der Waals surface area contributed by atoms with E-state index < -0.39 is 5.82 Å². The molecule has 1 aliphatic heterocycles. The first kappa shape index (κ1) is 19.1. The molecule has 0 aliphatic carbocycles. The van der Waals surface area contributed by atoms with Gasteiger partial charge in [-0.05, 0) is 42.0 Å². The van der Waals surface area contributed by atoms with Gasteiger partial charge in [-0.1, -0.05) is 13.8 Å². The number of likely N-dealkylation sites (tertiary alicyclic amines) is 1. The number of rotatable bonds is 3. The van der Waals surface area contributed by atoms with Crippen LogP contribution >= 0.6 is 24.0 Å². The number of nitrogens with zero attached hydrogens (tertiary/aromatic N) is 2. The topological polar surface area (TPSA) is 27.6 Å². The molecule has 0 spiro atoms. The molecule has 22 heavy (non-hydrogen) atoms. The van der Waals surface area contributed by atoms with Crippen LogP contribution in [0.5, 0.6) is 0 Å². The van der Waals surface area contributed by atoms with Gasteiger partial charge in [-0.3, -0.25) is 4.99 Å². The highest BCUT2D eigenvalue weighted by atomic mass is 127. The maximum atomic E-state index is 13.5. The molecule has 2 rings (SSSR count). The van der Waals surface area contributed by atoms with E-state index in [0.717, 1.165) is 31.5 Å². The summed E-state index contributed by atoms with van der Waals surface area (Å²) in [5.74, 6) is 0.0601. The monoisotopic (exact) mass is 423 g/mol. The summed E-state index contributed by atoms with van der Waals surface area (Å²) in [4.78, 5) is 6.48. The molecule has 124 valence electrons. The Hall–Kier alpha value is -0.920. The summed E-state index contributed by atoms with van der Waals surface area (Å²) >= 11 is 0. The lowest BCUT2D eigenvalue weighted by atomic mass is 9.93. The van der Waals surface area contributed by atoms with Crippen LogP contribution < -0.4 is 5.32 Å². The smallest absolute Gasteiger partial charge is 0.193 e. The van der Waals surface area contributed by atoms with Crippen molar-refractivity contribution in [1.82, 2.24) is 10.2 Å². The van der Waals surface area contributed by atoms with E-state index >= 15 is 0 Å². The molecule has 0 unspecified atom stereocenters. The Balaban J connectivity index is 0.00000242. The molecule has 0 radical (unpaired) electrons. The van der Waals surface area contributed by atoms with Crippen molar-refractivity contribution in [3.8, 4) is 0 Å². The molecular formula is C16H24F2IN3. The van der Waals surface area contributed by atoms with Crippen molar-refractivity contribution in [2.24, 2.45) is 10.4 Å². The summed E-state index contributed by atoms with van der Waals surface area (Å²) in [5.41, 5.74) is 0.687. The summed E-state index contributed by atoms with van der Waals surface area (Å²) in [6.07, 6.45) is 1.56. The zero-order chi connectivity index (χ0) is 15.5. The van der Waals surface area contributed by atoms with Gasteiger partial charge in [0.1, 0.15) is 11.6 Å². The predicted octanol–water partition coefficient (Wildman–Crippen LogP) is 3.43. The van der Waals surface area contributed by atoms with Gasteiger partial charge in [-0.2, -0.15) is 0 Å². The Bertz CT molecular complexity index is 532. The summed E-state index contributed by atoms with van der Waals surface area (Å²) in [7, 11) is 1.75. The minimum absolute atomic E-state index is 0. The highest BCUT2D eigenvalue weighted by Gasteiger charge is 2.30. The van der Waals surface area contributed by atoms with Gasteiger partial charge >= 0.3 is 0 Å². The van der Waals surface area contributed by atoms with Crippen LogP contribution in [-0.4, -0.2) is 37.5 Å². The Kier molecular flexibility index (Phi) is 7.02. The Morgan fingerprint density at radius 1 is 1.36 bits per heavy atom. The molecule has 0 bridgehead atoms. The van der Waals surface area contributed by atoms with E-state index in [0.29, 0.717) is 23.9 Å². The standard InChI is InChI=1S/C16H23F2N3.HI/c1-16(2)7-9-21(11-16)15(19-3)20-8-6-12-10-13(17)4-5-14(12)18;/h4-5,10H,6-9,11H2,1-3H3,(H,19,20);1H. The zero-order valence-electron chi connectivity index (χ0n) is 13.3. The largest absolute Gasteiger partial charge is 0.356 e. The van der Waals surface area contributed by atoms with Crippen molar-refractivity contribution in [2.75, 3.05) is 26.7 Å². The maximum Gasteiger partial charge on any atom is 0.193 e. The quantitative estimate of drug-likeness (QED) is 0.459. The van der Waals surface area contributed by atoms with Crippen molar-refractivity contribution in [1.29, 1.82) is 0 Å². The Morgan fingerprint density at radius 3 is 2.68 bits per heavy atom. The minimum Gasteiger partial charge on any atom is -0.356 e. The number of guanidine groups is 1. The van der Waals surface area contributed by atoms with E-state index in [1.54, 1.807) is 7.05 Å². The SMILES string of the molecule is CN=C(NCCc1cc(F)ccc1F)N1CCC(C)(C)C1.I. The van der Waals surface area contributed by atoms with E-state index in [4.69, 9.17) is 0 Å². The lowest BCUT2D eigenvalue weighted by Crippen LogP contribution is -2.41. The second kappa shape index (κ2) is 8.08. The molecule has 1 saturated heterocycles. The van der Waals surface area contributed by atoms with Crippen molar-refractivity contribution < 1.29 is 8.78 Å². The minimum atomic E-state index is -0.405. The normalized spacial score (nSPS) is 17.3. The fraction of sp³-hybridized carbons (Fsp3) is 0.562. The molecule has 1 aromatic rings. The fourth-order valence-electron chi connectivity index (χ4n) is 2.67. The number of nitrogens with one attached hydrogen (secondary N) is 1. The van der Waals surface area contributed by atoms with Crippen LogP contribution in [0.15, 0.2) is 23.2 Å². The third-order valence-electron chi connectivity index (χ3n) is 3.87. The van der Waals surface area contributed by atoms with Gasteiger partial charge in [0.25, 0.3) is 0 Å². The fourth-order valence-corrected chi connectivity index (χ4v) is 2.67. The van der Waals surface area contributed by atoms with Gasteiger partial charge in [0, 0.05) is 26.7 Å². The van der Waals surface area contributed by atoms with E-state index in [2.05, 4.69) is 29.1 Å². The van der Waals surface area contributed by atoms with Gasteiger partial charge in [-0.25, -0.2) is 8.78 Å². The zero-order valence-corrected chi connectivity index (χ0v) is 15.7. The van der Waals surface area contributed by atoms with Crippen LogP contribution in [0.25, 0.3) is 0 Å². The third kappa shape index (κ3) is 5.07. The first-order chi connectivity index (χ1) is 9.91. The van der Waals surface area contributed by atoms with Gasteiger partial charge in [0.15, 0.2) is 5.96 Å². The molecule has 1 fully saturated rings. The third-order valence-corrected chi connectivity index (χ3v) is 3.87. The second-order valence-electron chi connectivity index (χ2n) is 6.30. The highest BCUT2D eigenvalue weighted by Crippen LogP contribution is 2.28. The number of benzene rings is 1. The van der Waals surface area contributed by atoms with Crippen LogP contribution in [0.3, 0.4) is 0 Å². The number of halogens is 3. The lowest BCUT2D eigenvalue weighted by molar-refractivity contribution is 0.370. The van der Waals surface area contributed by atoms with Crippen LogP contribution in [0.4, 0.5) is 8.78 Å². The van der Waals surface area contributed by atoms with E-state index in [9.17, 15) is 8.78 Å². The van der Waals surface area contributed by atoms with Gasteiger partial charge in [-0.15, -0.1) is 24.0 Å². The average molecular weight is 423 g/mol. The number of hydrogen-bond acceptors (Lipinski definition) is 1. The Morgan fingerprint density at radius 2 is 2.09 bits per heavy atom. The molecule has 0 atom stereocenters. The Labute approximate surface area is 148 Å². The van der Waals surface area contributed by atoms with Crippen LogP contribution in [-0.2, 0) is 6.42 Å². The first-order valence-electron chi connectivity index (χ1n) is 7.31. The van der Waals surface area contributed by atoms with Crippen molar-refractivity contribution in [3.63, 3.8) is 0 Å². The molecule has 3 nitrogen and oxygen atoms in total. The summed E-state index contributed by atoms with van der Waals surface area (Å²) in [6, 6.07) is 3.55. The molecule has 0 saturated carbocycles. The highest BCUT2D eigenvalue weighted by molar-refractivity contribution is 14.0. The lowest BCUT2D eigenvalue weighted by Gasteiger charge is -2.23. The molecule has 1 aliphatic rings. The summed E-state index contributed by atoms with van der Waals surface area (Å²) < 4.78 is 26.7. The molecular weight excluding hydrogens is 399 g/mol. The molecule has 0 aromatic heterocycles. The molecule has 1 heterocycles. The van der Waals surface area contributed by atoms with Crippen LogP contribution in [0.1, 0.15) is 25.8 Å². The van der Waals surface area contributed by atoms with Crippen molar-refractivity contribution in [3.05, 3.63) is 35.4 Å². The van der Waals surface area contributed by atoms with Gasteiger partial charge in [0.05, 0.1) is 0 Å². The first-order valence-corrected chi connectivity index (χ1v) is 7.31. The van der Waals surface area contributed by atoms with Crippen LogP contribution in [0.2, 0.25) is 0 Å². The molecule has 6 heteroatoms. The van der Waals surface area contributed by atoms with Gasteiger partial charge in [0.2, 0.25) is 0 Å². The summed E-state index contributed by atoms with van der Waals surface area (Å²) in [5, 5.41) is 3.23. The van der Waals surface area contributed by atoms with Gasteiger partial charge < -0.3 is 10.2 Å². The van der Waals surface area contributed by atoms with E-state index in [1.165, 1.54) is 12.1 Å². The number of hydrogen-bond donors (Lipinski definition) is 1. The second-order valence-corrected chi connectivity index (χ2v) is 6.30. The summed E-state index contributed by atoms with van der Waals surface area (Å²) in [6.45, 7) is 6.94. The number of aliphatic imine (C=N–C) groups is 1. The average Bonchev–Trinajstić information content (AvgIpc) is 2.79. The van der Waals surface area contributed by atoms with Crippen molar-refractivity contribution >= 4 is 29.9 Å². The van der Waals surface area contributed by atoms with E-state index in [1.807, 2.05) is 0 Å². The maximum absolute atomic E-state index is 13.5.